The van der Waals surface area contributed by atoms with Gasteiger partial charge in [-0.25, -0.2) is 0 Å². The van der Waals surface area contributed by atoms with Crippen LogP contribution in [0.15, 0.2) is 158 Å². The highest BCUT2D eigenvalue weighted by Gasteiger charge is 2.19. The Balaban J connectivity index is 4.55. The van der Waals surface area contributed by atoms with Gasteiger partial charge in [-0.1, -0.05) is 249 Å². The largest absolute Gasteiger partial charge is 0.462 e. The number of hydrogen-bond acceptors (Lipinski definition) is 6. The highest BCUT2D eigenvalue weighted by Crippen LogP contribution is 2.14. The molecule has 0 aliphatic carbocycles. The predicted octanol–water partition coefficient (Wildman–Crippen LogP) is 21.3. The summed E-state index contributed by atoms with van der Waals surface area (Å²) in [5.74, 6) is -1.03. The molecule has 77 heavy (non-hydrogen) atoms. The normalized spacial score (nSPS) is 13.2. The van der Waals surface area contributed by atoms with Gasteiger partial charge in [0, 0.05) is 19.3 Å². The minimum Gasteiger partial charge on any atom is -0.462 e. The van der Waals surface area contributed by atoms with E-state index in [4.69, 9.17) is 14.2 Å². The van der Waals surface area contributed by atoms with Crippen LogP contribution in [0.4, 0.5) is 0 Å². The lowest BCUT2D eigenvalue weighted by Gasteiger charge is -2.18. The SMILES string of the molecule is CC/C=C\C/C=C\C/C=C\C/C=C\C/C=C\C/C=C\C/C=C\CCCC(=O)OCC(COC(=O)CCCC/C=C\C/C=C\C/C=C\C/C=C\CC)OC(=O)CCCCCCCCCCC/C=C\C/C=C\CCCCCCC. The molecule has 1 unspecified atom stereocenters. The van der Waals surface area contributed by atoms with Crippen LogP contribution in [-0.2, 0) is 28.6 Å². The lowest BCUT2D eigenvalue weighted by Crippen LogP contribution is -2.30. The molecule has 0 saturated carbocycles. The number of ether oxygens (including phenoxy) is 3. The molecule has 432 valence electrons. The van der Waals surface area contributed by atoms with Crippen LogP contribution in [0.3, 0.4) is 0 Å². The van der Waals surface area contributed by atoms with Crippen LogP contribution in [0.2, 0.25) is 0 Å². The Morgan fingerprint density at radius 2 is 0.519 bits per heavy atom. The highest BCUT2D eigenvalue weighted by atomic mass is 16.6. The summed E-state index contributed by atoms with van der Waals surface area (Å²) in [5.41, 5.74) is 0. The van der Waals surface area contributed by atoms with Gasteiger partial charge in [0.2, 0.25) is 0 Å². The zero-order valence-corrected chi connectivity index (χ0v) is 49.4. The van der Waals surface area contributed by atoms with Crippen LogP contribution in [-0.4, -0.2) is 37.2 Å². The summed E-state index contributed by atoms with van der Waals surface area (Å²) in [6.45, 7) is 6.31. The Kier molecular flexibility index (Phi) is 59.5. The molecule has 0 heterocycles. The van der Waals surface area contributed by atoms with Gasteiger partial charge in [-0.05, 0) is 141 Å². The van der Waals surface area contributed by atoms with Crippen molar-refractivity contribution >= 4 is 17.9 Å². The van der Waals surface area contributed by atoms with Gasteiger partial charge in [-0.2, -0.15) is 0 Å². The Labute approximate surface area is 473 Å². The van der Waals surface area contributed by atoms with Gasteiger partial charge in [-0.15, -0.1) is 0 Å². The molecule has 0 N–H and O–H groups in total. The molecule has 0 saturated heterocycles. The standard InChI is InChI=1S/C71H112O6/c1-4-7-10-13-16-19-22-25-28-30-32-34-35-37-38-40-43-46-49-52-55-58-61-64-70(73)76-67-68(66-75-69(72)63-60-57-54-51-48-45-42-27-24-21-18-15-12-9-6-3)77-71(74)65-62-59-56-53-50-47-44-41-39-36-33-31-29-26-23-20-17-14-11-8-5-2/h7,9-10,12,16,18-19,21,23,25-28,31-34,37-38,42-43,46,48,51-52,55,68H,4-6,8,11,13-15,17,20,22,24,29-30,35-36,39-41,44-45,47,49-50,53-54,56-67H2,1-3H3/b10-7-,12-9-,19-16-,21-18-,26-23-,28-25-,33-31-,34-32-,38-37-,42-27-,46-43-,51-48-,55-52-. The molecular formula is C71H112O6. The summed E-state index contributed by atoms with van der Waals surface area (Å²) >= 11 is 0. The highest BCUT2D eigenvalue weighted by molar-refractivity contribution is 5.71. The van der Waals surface area contributed by atoms with Crippen molar-refractivity contribution in [1.29, 1.82) is 0 Å². The molecule has 0 bridgehead atoms. The smallest absolute Gasteiger partial charge is 0.306 e. The second-order valence-electron chi connectivity index (χ2n) is 19.8. The first-order chi connectivity index (χ1) is 38.0. The maximum atomic E-state index is 12.9. The van der Waals surface area contributed by atoms with Crippen LogP contribution < -0.4 is 0 Å². The van der Waals surface area contributed by atoms with E-state index in [-0.39, 0.29) is 44.0 Å². The molecule has 6 nitrogen and oxygen atoms in total. The zero-order valence-electron chi connectivity index (χ0n) is 49.4. The first-order valence-electron chi connectivity index (χ1n) is 31.0. The second kappa shape index (κ2) is 63.6. The van der Waals surface area contributed by atoms with E-state index < -0.39 is 6.10 Å². The average Bonchev–Trinajstić information content (AvgIpc) is 3.43. The van der Waals surface area contributed by atoms with Crippen LogP contribution in [0, 0.1) is 0 Å². The minimum atomic E-state index is -0.830. The Morgan fingerprint density at radius 3 is 0.870 bits per heavy atom. The molecular weight excluding hydrogens is 949 g/mol. The van der Waals surface area contributed by atoms with Crippen LogP contribution in [0.5, 0.6) is 0 Å². The van der Waals surface area contributed by atoms with E-state index in [1.165, 1.54) is 83.5 Å². The average molecular weight is 1060 g/mol. The van der Waals surface area contributed by atoms with Gasteiger partial charge < -0.3 is 14.2 Å². The van der Waals surface area contributed by atoms with Crippen molar-refractivity contribution in [2.45, 2.75) is 258 Å². The van der Waals surface area contributed by atoms with Crippen LogP contribution >= 0.6 is 0 Å². The third-order valence-electron chi connectivity index (χ3n) is 12.5. The first kappa shape index (κ1) is 72.0. The molecule has 6 heteroatoms. The lowest BCUT2D eigenvalue weighted by molar-refractivity contribution is -0.167. The van der Waals surface area contributed by atoms with Crippen molar-refractivity contribution in [3.8, 4) is 0 Å². The zero-order chi connectivity index (χ0) is 55.7. The monoisotopic (exact) mass is 1060 g/mol. The van der Waals surface area contributed by atoms with E-state index in [0.29, 0.717) is 19.3 Å². The van der Waals surface area contributed by atoms with E-state index >= 15 is 0 Å². The number of hydrogen-bond donors (Lipinski definition) is 0. The van der Waals surface area contributed by atoms with Gasteiger partial charge in [-0.3, -0.25) is 14.4 Å². The maximum Gasteiger partial charge on any atom is 0.306 e. The van der Waals surface area contributed by atoms with Gasteiger partial charge in [0.15, 0.2) is 6.10 Å². The molecule has 0 aliphatic rings. The van der Waals surface area contributed by atoms with Gasteiger partial charge in [0.05, 0.1) is 0 Å². The summed E-state index contributed by atoms with van der Waals surface area (Å²) < 4.78 is 16.8. The second-order valence-corrected chi connectivity index (χ2v) is 19.8. The molecule has 0 aromatic heterocycles. The van der Waals surface area contributed by atoms with Crippen molar-refractivity contribution < 1.29 is 28.6 Å². The van der Waals surface area contributed by atoms with E-state index in [0.717, 1.165) is 116 Å². The number of esters is 3. The topological polar surface area (TPSA) is 78.9 Å². The maximum absolute atomic E-state index is 12.9. The van der Waals surface area contributed by atoms with Gasteiger partial charge >= 0.3 is 17.9 Å². The quantitative estimate of drug-likeness (QED) is 0.0261. The Hall–Kier alpha value is -4.97. The third kappa shape index (κ3) is 61.8. The fourth-order valence-electron chi connectivity index (χ4n) is 7.92. The summed E-state index contributed by atoms with van der Waals surface area (Å²) in [4.78, 5) is 38.3. The first-order valence-corrected chi connectivity index (χ1v) is 31.0. The summed E-state index contributed by atoms with van der Waals surface area (Å²) in [6.07, 6.45) is 92.5. The third-order valence-corrected chi connectivity index (χ3v) is 12.5. The number of carbonyl (C=O) groups excluding carboxylic acids is 3. The molecule has 1 atom stereocenters. The van der Waals surface area contributed by atoms with Gasteiger partial charge in [0.25, 0.3) is 0 Å². The number of rotatable bonds is 54. The molecule has 0 aromatic rings. The molecule has 0 aliphatic heterocycles. The van der Waals surface area contributed by atoms with E-state index in [9.17, 15) is 14.4 Å². The van der Waals surface area contributed by atoms with Crippen molar-refractivity contribution in [1.82, 2.24) is 0 Å². The number of allylic oxidation sites excluding steroid dienone is 26. The number of carbonyl (C=O) groups is 3. The van der Waals surface area contributed by atoms with Crippen molar-refractivity contribution in [3.63, 3.8) is 0 Å². The predicted molar refractivity (Wildman–Crippen MR) is 334 cm³/mol. The van der Waals surface area contributed by atoms with Crippen molar-refractivity contribution in [3.05, 3.63) is 158 Å². The Morgan fingerprint density at radius 1 is 0.273 bits per heavy atom. The number of unbranched alkanes of at least 4 members (excludes halogenated alkanes) is 17. The fourth-order valence-corrected chi connectivity index (χ4v) is 7.92. The van der Waals surface area contributed by atoms with E-state index in [1.54, 1.807) is 0 Å². The Bertz CT molecular complexity index is 1740. The molecule has 0 spiro atoms. The van der Waals surface area contributed by atoms with E-state index in [1.807, 2.05) is 0 Å². The minimum absolute atomic E-state index is 0.126. The van der Waals surface area contributed by atoms with Crippen molar-refractivity contribution in [2.24, 2.45) is 0 Å². The molecule has 0 fully saturated rings. The molecule has 0 radical (unpaired) electrons. The van der Waals surface area contributed by atoms with Crippen LogP contribution in [0.1, 0.15) is 252 Å². The molecule has 0 rings (SSSR count). The molecule has 0 aromatic carbocycles. The van der Waals surface area contributed by atoms with Gasteiger partial charge in [0.1, 0.15) is 13.2 Å². The lowest BCUT2D eigenvalue weighted by atomic mass is 10.1. The summed E-state index contributed by atoms with van der Waals surface area (Å²) in [7, 11) is 0. The van der Waals surface area contributed by atoms with E-state index in [2.05, 4.69) is 179 Å². The summed E-state index contributed by atoms with van der Waals surface area (Å²) in [6, 6.07) is 0. The fraction of sp³-hybridized carbons (Fsp3) is 0.592. The summed E-state index contributed by atoms with van der Waals surface area (Å²) in [5, 5.41) is 0. The van der Waals surface area contributed by atoms with Crippen molar-refractivity contribution in [2.75, 3.05) is 13.2 Å². The molecule has 0 amide bonds. The van der Waals surface area contributed by atoms with Crippen LogP contribution in [0.25, 0.3) is 0 Å².